The summed E-state index contributed by atoms with van der Waals surface area (Å²) in [5.74, 6) is 0.370. The number of rotatable bonds is 6. The van der Waals surface area contributed by atoms with Gasteiger partial charge in [0, 0.05) is 25.6 Å². The van der Waals surface area contributed by atoms with Gasteiger partial charge in [-0.3, -0.25) is 4.79 Å². The second-order valence-electron chi connectivity index (χ2n) is 4.73. The Kier molecular flexibility index (Phi) is 6.46. The maximum absolute atomic E-state index is 11.7. The second kappa shape index (κ2) is 7.66. The first-order valence-electron chi connectivity index (χ1n) is 6.73. The molecule has 1 fully saturated rings. The van der Waals surface area contributed by atoms with E-state index >= 15 is 0 Å². The van der Waals surface area contributed by atoms with Gasteiger partial charge in [-0.05, 0) is 39.2 Å². The molecule has 1 aliphatic rings. The molecule has 1 amide bonds. The molecule has 1 heterocycles. The number of carbonyl (C=O) groups is 1. The Morgan fingerprint density at radius 1 is 1.38 bits per heavy atom. The van der Waals surface area contributed by atoms with Gasteiger partial charge < -0.3 is 10.2 Å². The van der Waals surface area contributed by atoms with Crippen LogP contribution in [0.3, 0.4) is 0 Å². The predicted octanol–water partition coefficient (Wildman–Crippen LogP) is 2.17. The van der Waals surface area contributed by atoms with E-state index in [4.69, 9.17) is 0 Å². The highest BCUT2D eigenvalue weighted by atomic mass is 16.2. The summed E-state index contributed by atoms with van der Waals surface area (Å²) in [6.07, 6.45) is 7.74. The minimum atomic E-state index is 0.370. The second-order valence-corrected chi connectivity index (χ2v) is 4.73. The zero-order valence-corrected chi connectivity index (χ0v) is 10.8. The average Bonchev–Trinajstić information content (AvgIpc) is 2.50. The monoisotopic (exact) mass is 226 g/mol. The van der Waals surface area contributed by atoms with E-state index in [2.05, 4.69) is 17.1 Å². The number of nitrogens with one attached hydrogen (secondary N) is 1. The van der Waals surface area contributed by atoms with Gasteiger partial charge in [0.2, 0.25) is 5.91 Å². The Morgan fingerprint density at radius 3 is 2.88 bits per heavy atom. The van der Waals surface area contributed by atoms with Crippen molar-refractivity contribution in [2.24, 2.45) is 0 Å². The average molecular weight is 226 g/mol. The Hall–Kier alpha value is -0.570. The summed E-state index contributed by atoms with van der Waals surface area (Å²) in [5, 5.41) is 3.31. The van der Waals surface area contributed by atoms with Gasteiger partial charge in [0.05, 0.1) is 0 Å². The molecule has 94 valence electrons. The molecule has 0 saturated carbocycles. The Bertz CT molecular complexity index is 202. The van der Waals surface area contributed by atoms with E-state index < -0.39 is 0 Å². The fourth-order valence-corrected chi connectivity index (χ4v) is 2.36. The molecule has 1 atom stereocenters. The molecular weight excluding hydrogens is 200 g/mol. The number of amides is 1. The van der Waals surface area contributed by atoms with Gasteiger partial charge >= 0.3 is 0 Å². The zero-order valence-electron chi connectivity index (χ0n) is 10.8. The van der Waals surface area contributed by atoms with Crippen LogP contribution in [0.1, 0.15) is 51.9 Å². The van der Waals surface area contributed by atoms with E-state index in [1.807, 2.05) is 7.05 Å². The molecule has 1 aliphatic heterocycles. The van der Waals surface area contributed by atoms with Crippen molar-refractivity contribution in [1.29, 1.82) is 0 Å². The number of hydrogen-bond acceptors (Lipinski definition) is 2. The highest BCUT2D eigenvalue weighted by Gasteiger charge is 2.16. The van der Waals surface area contributed by atoms with Crippen molar-refractivity contribution in [2.45, 2.75) is 57.9 Å². The van der Waals surface area contributed by atoms with Gasteiger partial charge in [-0.2, -0.15) is 0 Å². The number of nitrogens with zero attached hydrogens (tertiary/aromatic N) is 1. The van der Waals surface area contributed by atoms with E-state index in [-0.39, 0.29) is 0 Å². The fourth-order valence-electron chi connectivity index (χ4n) is 2.36. The Labute approximate surface area is 99.6 Å². The van der Waals surface area contributed by atoms with E-state index in [1.54, 1.807) is 0 Å². The molecule has 3 heteroatoms. The summed E-state index contributed by atoms with van der Waals surface area (Å²) in [7, 11) is 2.02. The van der Waals surface area contributed by atoms with Crippen LogP contribution in [0.4, 0.5) is 0 Å². The summed E-state index contributed by atoms with van der Waals surface area (Å²) in [4.78, 5) is 13.8. The quantitative estimate of drug-likeness (QED) is 0.753. The van der Waals surface area contributed by atoms with Gasteiger partial charge in [-0.1, -0.05) is 13.3 Å². The first-order chi connectivity index (χ1) is 7.77. The lowest BCUT2D eigenvalue weighted by atomic mass is 10.1. The normalized spacial score (nSPS) is 19.6. The summed E-state index contributed by atoms with van der Waals surface area (Å²) in [6, 6.07) is 0.613. The maximum Gasteiger partial charge on any atom is 0.222 e. The lowest BCUT2D eigenvalue weighted by molar-refractivity contribution is -0.130. The molecular formula is C13H26N2O. The van der Waals surface area contributed by atoms with Crippen LogP contribution in [0.5, 0.6) is 0 Å². The first-order valence-corrected chi connectivity index (χ1v) is 6.73. The summed E-state index contributed by atoms with van der Waals surface area (Å²) in [6.45, 7) is 4.14. The fraction of sp³-hybridized carbons (Fsp3) is 0.923. The van der Waals surface area contributed by atoms with Crippen molar-refractivity contribution < 1.29 is 4.79 Å². The van der Waals surface area contributed by atoms with E-state index in [9.17, 15) is 4.79 Å². The highest BCUT2D eigenvalue weighted by Crippen LogP contribution is 2.12. The van der Waals surface area contributed by atoms with Gasteiger partial charge in [-0.15, -0.1) is 0 Å². The molecule has 1 N–H and O–H groups in total. The topological polar surface area (TPSA) is 32.3 Å². The number of hydrogen-bond donors (Lipinski definition) is 1. The third kappa shape index (κ3) is 4.52. The van der Waals surface area contributed by atoms with Crippen molar-refractivity contribution in [3.8, 4) is 0 Å². The third-order valence-electron chi connectivity index (χ3n) is 3.55. The van der Waals surface area contributed by atoms with Crippen molar-refractivity contribution in [2.75, 3.05) is 20.1 Å². The number of likely N-dealkylation sites (tertiary alicyclic amines) is 1. The van der Waals surface area contributed by atoms with Crippen molar-refractivity contribution >= 4 is 5.91 Å². The van der Waals surface area contributed by atoms with Crippen molar-refractivity contribution in [3.63, 3.8) is 0 Å². The van der Waals surface area contributed by atoms with Gasteiger partial charge in [0.25, 0.3) is 0 Å². The smallest absolute Gasteiger partial charge is 0.222 e. The molecule has 0 radical (unpaired) electrons. The van der Waals surface area contributed by atoms with Crippen LogP contribution in [0.15, 0.2) is 0 Å². The van der Waals surface area contributed by atoms with Crippen LogP contribution < -0.4 is 5.32 Å². The largest absolute Gasteiger partial charge is 0.343 e. The number of carbonyl (C=O) groups excluding carboxylic acids is 1. The van der Waals surface area contributed by atoms with Crippen LogP contribution in [-0.2, 0) is 4.79 Å². The van der Waals surface area contributed by atoms with Crippen LogP contribution in [0, 0.1) is 0 Å². The SMILES string of the molecule is CCC(CCCN1CCCCCC1=O)NC. The summed E-state index contributed by atoms with van der Waals surface area (Å²) in [5.41, 5.74) is 0. The van der Waals surface area contributed by atoms with E-state index in [0.29, 0.717) is 11.9 Å². The Morgan fingerprint density at radius 2 is 2.19 bits per heavy atom. The van der Waals surface area contributed by atoms with Gasteiger partial charge in [0.1, 0.15) is 0 Å². The minimum absolute atomic E-state index is 0.370. The van der Waals surface area contributed by atoms with Crippen molar-refractivity contribution in [3.05, 3.63) is 0 Å². The molecule has 0 aromatic heterocycles. The molecule has 1 rings (SSSR count). The molecule has 1 saturated heterocycles. The zero-order chi connectivity index (χ0) is 11.8. The minimum Gasteiger partial charge on any atom is -0.343 e. The third-order valence-corrected chi connectivity index (χ3v) is 3.55. The van der Waals surface area contributed by atoms with Crippen molar-refractivity contribution in [1.82, 2.24) is 10.2 Å². The van der Waals surface area contributed by atoms with E-state index in [1.165, 1.54) is 25.7 Å². The highest BCUT2D eigenvalue weighted by molar-refractivity contribution is 5.76. The molecule has 0 spiro atoms. The Balaban J connectivity index is 2.22. The molecule has 0 aromatic carbocycles. The molecule has 3 nitrogen and oxygen atoms in total. The molecule has 1 unspecified atom stereocenters. The van der Waals surface area contributed by atoms with Crippen LogP contribution in [0.2, 0.25) is 0 Å². The standard InChI is InChI=1S/C13H26N2O/c1-3-12(14-2)8-7-11-15-10-6-4-5-9-13(15)16/h12,14H,3-11H2,1-2H3. The summed E-state index contributed by atoms with van der Waals surface area (Å²) >= 11 is 0. The van der Waals surface area contributed by atoms with Gasteiger partial charge in [-0.25, -0.2) is 0 Å². The predicted molar refractivity (Wildman–Crippen MR) is 67.4 cm³/mol. The lowest BCUT2D eigenvalue weighted by Gasteiger charge is -2.22. The summed E-state index contributed by atoms with van der Waals surface area (Å²) < 4.78 is 0. The molecule has 0 bridgehead atoms. The van der Waals surface area contributed by atoms with Crippen LogP contribution in [-0.4, -0.2) is 37.0 Å². The lowest BCUT2D eigenvalue weighted by Crippen LogP contribution is -2.32. The van der Waals surface area contributed by atoms with Crippen LogP contribution in [0.25, 0.3) is 0 Å². The molecule has 16 heavy (non-hydrogen) atoms. The molecule has 0 aromatic rings. The van der Waals surface area contributed by atoms with E-state index in [0.717, 1.165) is 32.4 Å². The van der Waals surface area contributed by atoms with Crippen LogP contribution >= 0.6 is 0 Å². The maximum atomic E-state index is 11.7. The van der Waals surface area contributed by atoms with Gasteiger partial charge in [0.15, 0.2) is 0 Å². The molecule has 0 aliphatic carbocycles. The first kappa shape index (κ1) is 13.5.